The maximum Gasteiger partial charge on any atom is 0.306 e. The molecule has 1 atom stereocenters. The lowest BCUT2D eigenvalue weighted by molar-refractivity contribution is -0.167. The molecule has 0 aromatic carbocycles. The highest BCUT2D eigenvalue weighted by molar-refractivity contribution is 5.71. The minimum Gasteiger partial charge on any atom is -0.462 e. The van der Waals surface area contributed by atoms with Crippen molar-refractivity contribution in [3.63, 3.8) is 0 Å². The van der Waals surface area contributed by atoms with Crippen LogP contribution >= 0.6 is 0 Å². The molecule has 6 heteroatoms. The van der Waals surface area contributed by atoms with Crippen molar-refractivity contribution in [2.75, 3.05) is 13.2 Å². The van der Waals surface area contributed by atoms with Crippen molar-refractivity contribution in [2.24, 2.45) is 5.92 Å². The third-order valence-corrected chi connectivity index (χ3v) is 13.5. The second kappa shape index (κ2) is 53.4. The predicted molar refractivity (Wildman–Crippen MR) is 280 cm³/mol. The van der Waals surface area contributed by atoms with E-state index in [-0.39, 0.29) is 31.1 Å². The summed E-state index contributed by atoms with van der Waals surface area (Å²) in [7, 11) is 0. The van der Waals surface area contributed by atoms with Crippen LogP contribution in [0.25, 0.3) is 0 Å². The first-order chi connectivity index (χ1) is 31.9. The van der Waals surface area contributed by atoms with Crippen LogP contribution in [-0.4, -0.2) is 37.2 Å². The summed E-state index contributed by atoms with van der Waals surface area (Å²) in [4.78, 5) is 38.1. The third kappa shape index (κ3) is 53.2. The van der Waals surface area contributed by atoms with E-state index in [1.165, 1.54) is 231 Å². The average molecular weight is 920 g/mol. The lowest BCUT2D eigenvalue weighted by Crippen LogP contribution is -2.30. The maximum atomic E-state index is 12.9. The number of unbranched alkanes of at least 4 members (excludes halogenated alkanes) is 41. The fourth-order valence-corrected chi connectivity index (χ4v) is 9.10. The monoisotopic (exact) mass is 919 g/mol. The van der Waals surface area contributed by atoms with E-state index >= 15 is 0 Å². The van der Waals surface area contributed by atoms with Gasteiger partial charge in [-0.25, -0.2) is 0 Å². The second-order valence-corrected chi connectivity index (χ2v) is 20.8. The van der Waals surface area contributed by atoms with E-state index in [0.29, 0.717) is 19.3 Å². The van der Waals surface area contributed by atoms with E-state index in [9.17, 15) is 14.4 Å². The Morgan fingerprint density at radius 3 is 0.754 bits per heavy atom. The molecule has 0 amide bonds. The summed E-state index contributed by atoms with van der Waals surface area (Å²) in [6.45, 7) is 9.05. The number of hydrogen-bond acceptors (Lipinski definition) is 6. The van der Waals surface area contributed by atoms with Gasteiger partial charge in [0.2, 0.25) is 0 Å². The van der Waals surface area contributed by atoms with Gasteiger partial charge in [0.1, 0.15) is 13.2 Å². The van der Waals surface area contributed by atoms with E-state index < -0.39 is 6.10 Å². The Kier molecular flexibility index (Phi) is 52.1. The summed E-state index contributed by atoms with van der Waals surface area (Å²) >= 11 is 0. The standard InChI is InChI=1S/C59H114O6/c1-5-7-9-11-13-15-17-19-21-22-23-24-26-28-30-36-40-44-48-52-59(62)65-56(54-64-58(61)51-47-43-39-35-32-31-33-37-41-45-49-55(3)4)53-63-57(60)50-46-42-38-34-29-27-25-20-18-16-14-12-10-8-6-2/h55-56H,5-54H2,1-4H3/t56-/m0/s1. The number of rotatable bonds is 54. The molecule has 0 bridgehead atoms. The van der Waals surface area contributed by atoms with Gasteiger partial charge < -0.3 is 14.2 Å². The van der Waals surface area contributed by atoms with E-state index in [1.54, 1.807) is 0 Å². The Bertz CT molecular complexity index is 980. The molecule has 0 aliphatic rings. The van der Waals surface area contributed by atoms with Crippen LogP contribution in [0.15, 0.2) is 0 Å². The molecule has 0 heterocycles. The minimum absolute atomic E-state index is 0.0620. The second-order valence-electron chi connectivity index (χ2n) is 20.8. The Morgan fingerprint density at radius 1 is 0.292 bits per heavy atom. The molecule has 0 aromatic rings. The quantitative estimate of drug-likeness (QED) is 0.0344. The van der Waals surface area contributed by atoms with Gasteiger partial charge in [0.15, 0.2) is 6.10 Å². The maximum absolute atomic E-state index is 12.9. The summed E-state index contributed by atoms with van der Waals surface area (Å²) in [5.74, 6) is -0.0170. The smallest absolute Gasteiger partial charge is 0.306 e. The summed E-state index contributed by atoms with van der Waals surface area (Å²) in [6, 6.07) is 0. The van der Waals surface area contributed by atoms with Crippen LogP contribution in [0, 0.1) is 5.92 Å². The van der Waals surface area contributed by atoms with Crippen LogP contribution < -0.4 is 0 Å². The van der Waals surface area contributed by atoms with Gasteiger partial charge in [0.05, 0.1) is 0 Å². The molecule has 0 radical (unpaired) electrons. The molecule has 0 rings (SSSR count). The van der Waals surface area contributed by atoms with Gasteiger partial charge in [0, 0.05) is 19.3 Å². The Morgan fingerprint density at radius 2 is 0.508 bits per heavy atom. The summed E-state index contributed by atoms with van der Waals surface area (Å²) < 4.78 is 16.9. The molecule has 0 fully saturated rings. The van der Waals surface area contributed by atoms with Crippen molar-refractivity contribution in [3.8, 4) is 0 Å². The first kappa shape index (κ1) is 63.4. The van der Waals surface area contributed by atoms with Gasteiger partial charge in [-0.3, -0.25) is 14.4 Å². The summed E-state index contributed by atoms with van der Waals surface area (Å²) in [6.07, 6.45) is 58.1. The first-order valence-corrected chi connectivity index (χ1v) is 29.4. The number of carbonyl (C=O) groups excluding carboxylic acids is 3. The number of esters is 3. The number of carbonyl (C=O) groups is 3. The molecule has 6 nitrogen and oxygen atoms in total. The van der Waals surface area contributed by atoms with E-state index in [0.717, 1.165) is 63.7 Å². The summed E-state index contributed by atoms with van der Waals surface area (Å²) in [5, 5.41) is 0. The molecule has 0 aliphatic carbocycles. The lowest BCUT2D eigenvalue weighted by atomic mass is 10.0. The van der Waals surface area contributed by atoms with Gasteiger partial charge in [-0.05, 0) is 25.2 Å². The van der Waals surface area contributed by atoms with Crippen molar-refractivity contribution in [3.05, 3.63) is 0 Å². The average Bonchev–Trinajstić information content (AvgIpc) is 3.29. The van der Waals surface area contributed by atoms with Crippen LogP contribution in [-0.2, 0) is 28.6 Å². The van der Waals surface area contributed by atoms with Crippen molar-refractivity contribution in [2.45, 2.75) is 342 Å². The first-order valence-electron chi connectivity index (χ1n) is 29.4. The van der Waals surface area contributed by atoms with Crippen molar-refractivity contribution < 1.29 is 28.6 Å². The van der Waals surface area contributed by atoms with Crippen LogP contribution in [0.2, 0.25) is 0 Å². The van der Waals surface area contributed by atoms with Crippen LogP contribution in [0.1, 0.15) is 336 Å². The van der Waals surface area contributed by atoms with Crippen molar-refractivity contribution in [1.29, 1.82) is 0 Å². The normalized spacial score (nSPS) is 12.0. The molecule has 0 spiro atoms. The minimum atomic E-state index is -0.762. The molecular weight excluding hydrogens is 805 g/mol. The Labute approximate surface area is 406 Å². The zero-order chi connectivity index (χ0) is 47.4. The molecule has 386 valence electrons. The zero-order valence-electron chi connectivity index (χ0n) is 44.5. The molecule has 0 aromatic heterocycles. The third-order valence-electron chi connectivity index (χ3n) is 13.5. The Hall–Kier alpha value is -1.59. The molecule has 0 unspecified atom stereocenters. The van der Waals surface area contributed by atoms with Gasteiger partial charge in [0.25, 0.3) is 0 Å². The topological polar surface area (TPSA) is 78.9 Å². The van der Waals surface area contributed by atoms with Gasteiger partial charge >= 0.3 is 17.9 Å². The summed E-state index contributed by atoms with van der Waals surface area (Å²) in [5.41, 5.74) is 0. The van der Waals surface area contributed by atoms with Crippen LogP contribution in [0.4, 0.5) is 0 Å². The van der Waals surface area contributed by atoms with E-state index in [4.69, 9.17) is 14.2 Å². The van der Waals surface area contributed by atoms with Gasteiger partial charge in [-0.15, -0.1) is 0 Å². The van der Waals surface area contributed by atoms with E-state index in [1.807, 2.05) is 0 Å². The zero-order valence-corrected chi connectivity index (χ0v) is 44.5. The Balaban J connectivity index is 4.28. The number of ether oxygens (including phenoxy) is 3. The van der Waals surface area contributed by atoms with Gasteiger partial charge in [-0.2, -0.15) is 0 Å². The lowest BCUT2D eigenvalue weighted by Gasteiger charge is -2.18. The molecule has 0 aliphatic heterocycles. The molecular formula is C59H114O6. The molecule has 0 saturated heterocycles. The predicted octanol–water partition coefficient (Wildman–Crippen LogP) is 19.4. The van der Waals surface area contributed by atoms with Gasteiger partial charge in [-0.1, -0.05) is 297 Å². The van der Waals surface area contributed by atoms with E-state index in [2.05, 4.69) is 27.7 Å². The number of hydrogen-bond donors (Lipinski definition) is 0. The highest BCUT2D eigenvalue weighted by atomic mass is 16.6. The molecule has 0 N–H and O–H groups in total. The highest BCUT2D eigenvalue weighted by Crippen LogP contribution is 2.18. The van der Waals surface area contributed by atoms with Crippen LogP contribution in [0.5, 0.6) is 0 Å². The SMILES string of the molecule is CCCCCCCCCCCCCCCCCCCCCC(=O)O[C@@H](COC(=O)CCCCCCCCCCCCCCCCC)COC(=O)CCCCCCCCCCCCC(C)C. The van der Waals surface area contributed by atoms with Crippen molar-refractivity contribution >= 4 is 17.9 Å². The fourth-order valence-electron chi connectivity index (χ4n) is 9.10. The van der Waals surface area contributed by atoms with Crippen molar-refractivity contribution in [1.82, 2.24) is 0 Å². The fraction of sp³-hybridized carbons (Fsp3) is 0.949. The highest BCUT2D eigenvalue weighted by Gasteiger charge is 2.19. The molecule has 0 saturated carbocycles. The molecule has 65 heavy (non-hydrogen) atoms. The largest absolute Gasteiger partial charge is 0.462 e. The van der Waals surface area contributed by atoms with Crippen LogP contribution in [0.3, 0.4) is 0 Å².